The van der Waals surface area contributed by atoms with Crippen LogP contribution in [0, 0.1) is 0 Å². The highest BCUT2D eigenvalue weighted by molar-refractivity contribution is 9.10. The van der Waals surface area contributed by atoms with Crippen molar-refractivity contribution in [3.63, 3.8) is 0 Å². The Bertz CT molecular complexity index is 453. The monoisotopic (exact) mass is 297 g/mol. The second kappa shape index (κ2) is 5.52. The fourth-order valence-electron chi connectivity index (χ4n) is 1.26. The standard InChI is InChI=1S/C11H12BrN3S/c1-2-13-6-9-7-16-11(15-9)10-4-3-8(12)5-14-10/h3-5,7,13H,2,6H2,1H3. The molecule has 0 spiro atoms. The zero-order valence-electron chi connectivity index (χ0n) is 8.90. The van der Waals surface area contributed by atoms with Crippen LogP contribution >= 0.6 is 27.3 Å². The normalized spacial score (nSPS) is 10.6. The molecule has 0 aliphatic rings. The van der Waals surface area contributed by atoms with Gasteiger partial charge in [0.15, 0.2) is 0 Å². The van der Waals surface area contributed by atoms with E-state index in [0.29, 0.717) is 0 Å². The van der Waals surface area contributed by atoms with Crippen LogP contribution in [0.5, 0.6) is 0 Å². The van der Waals surface area contributed by atoms with Gasteiger partial charge in [0.2, 0.25) is 0 Å². The summed E-state index contributed by atoms with van der Waals surface area (Å²) in [6, 6.07) is 3.95. The number of halogens is 1. The minimum Gasteiger partial charge on any atom is -0.311 e. The maximum Gasteiger partial charge on any atom is 0.142 e. The molecule has 2 aromatic rings. The first kappa shape index (κ1) is 11.7. The second-order valence-corrected chi connectivity index (χ2v) is 5.06. The Kier molecular flexibility index (Phi) is 4.04. The van der Waals surface area contributed by atoms with Gasteiger partial charge < -0.3 is 5.32 Å². The topological polar surface area (TPSA) is 37.8 Å². The van der Waals surface area contributed by atoms with E-state index in [1.165, 1.54) is 0 Å². The second-order valence-electron chi connectivity index (χ2n) is 3.29. The van der Waals surface area contributed by atoms with Crippen LogP contribution in [0.4, 0.5) is 0 Å². The van der Waals surface area contributed by atoms with Gasteiger partial charge in [-0.2, -0.15) is 0 Å². The molecule has 0 bridgehead atoms. The van der Waals surface area contributed by atoms with Crippen LogP contribution in [0.1, 0.15) is 12.6 Å². The van der Waals surface area contributed by atoms with Crippen molar-refractivity contribution in [1.29, 1.82) is 0 Å². The van der Waals surface area contributed by atoms with Crippen molar-refractivity contribution in [1.82, 2.24) is 15.3 Å². The predicted molar refractivity (Wildman–Crippen MR) is 70.4 cm³/mol. The minimum atomic E-state index is 0.823. The highest BCUT2D eigenvalue weighted by Crippen LogP contribution is 2.22. The van der Waals surface area contributed by atoms with Gasteiger partial charge in [-0.3, -0.25) is 4.98 Å². The molecule has 0 aliphatic heterocycles. The maximum absolute atomic E-state index is 4.53. The third-order valence-electron chi connectivity index (χ3n) is 2.05. The lowest BCUT2D eigenvalue weighted by Gasteiger charge is -1.96. The van der Waals surface area contributed by atoms with Crippen molar-refractivity contribution in [2.45, 2.75) is 13.5 Å². The Morgan fingerprint density at radius 2 is 2.31 bits per heavy atom. The Balaban J connectivity index is 2.15. The summed E-state index contributed by atoms with van der Waals surface area (Å²) in [5, 5.41) is 6.30. The Morgan fingerprint density at radius 3 is 3.00 bits per heavy atom. The van der Waals surface area contributed by atoms with Crippen molar-refractivity contribution < 1.29 is 0 Å². The summed E-state index contributed by atoms with van der Waals surface area (Å²) in [6.45, 7) is 3.87. The molecule has 0 aromatic carbocycles. The zero-order valence-corrected chi connectivity index (χ0v) is 11.3. The Morgan fingerprint density at radius 1 is 1.44 bits per heavy atom. The Hall–Kier alpha value is -0.780. The number of hydrogen-bond acceptors (Lipinski definition) is 4. The first-order valence-electron chi connectivity index (χ1n) is 5.06. The molecule has 3 nitrogen and oxygen atoms in total. The molecule has 0 fully saturated rings. The maximum atomic E-state index is 4.53. The van der Waals surface area contributed by atoms with E-state index in [2.05, 4.69) is 43.5 Å². The van der Waals surface area contributed by atoms with Gasteiger partial charge in [-0.05, 0) is 34.6 Å². The van der Waals surface area contributed by atoms with E-state index in [4.69, 9.17) is 0 Å². The molecule has 16 heavy (non-hydrogen) atoms. The van der Waals surface area contributed by atoms with Gasteiger partial charge in [-0.25, -0.2) is 4.98 Å². The van der Waals surface area contributed by atoms with Gasteiger partial charge in [-0.1, -0.05) is 6.92 Å². The zero-order chi connectivity index (χ0) is 11.4. The van der Waals surface area contributed by atoms with E-state index in [1.807, 2.05) is 12.1 Å². The number of pyridine rings is 1. The molecule has 2 rings (SSSR count). The van der Waals surface area contributed by atoms with Crippen LogP contribution < -0.4 is 5.32 Å². The molecule has 0 unspecified atom stereocenters. The molecule has 0 saturated heterocycles. The average molecular weight is 298 g/mol. The van der Waals surface area contributed by atoms with E-state index < -0.39 is 0 Å². The number of hydrogen-bond donors (Lipinski definition) is 1. The first-order chi connectivity index (χ1) is 7.79. The van der Waals surface area contributed by atoms with Crippen molar-refractivity contribution in [2.75, 3.05) is 6.54 Å². The molecule has 1 N–H and O–H groups in total. The molecule has 84 valence electrons. The van der Waals surface area contributed by atoms with Crippen LogP contribution in [0.15, 0.2) is 28.2 Å². The quantitative estimate of drug-likeness (QED) is 0.942. The highest BCUT2D eigenvalue weighted by atomic mass is 79.9. The first-order valence-corrected chi connectivity index (χ1v) is 6.74. The van der Waals surface area contributed by atoms with Crippen molar-refractivity contribution in [3.8, 4) is 10.7 Å². The third kappa shape index (κ3) is 2.87. The van der Waals surface area contributed by atoms with Gasteiger partial charge in [0, 0.05) is 22.6 Å². The summed E-state index contributed by atoms with van der Waals surface area (Å²) in [4.78, 5) is 8.85. The molecule has 0 amide bonds. The lowest BCUT2D eigenvalue weighted by atomic mass is 10.3. The predicted octanol–water partition coefficient (Wildman–Crippen LogP) is 3.08. The minimum absolute atomic E-state index is 0.823. The number of rotatable bonds is 4. The molecular weight excluding hydrogens is 286 g/mol. The Labute approximate surface area is 107 Å². The van der Waals surface area contributed by atoms with E-state index in [1.54, 1.807) is 17.5 Å². The number of nitrogens with one attached hydrogen (secondary N) is 1. The number of thiazole rings is 1. The van der Waals surface area contributed by atoms with Crippen molar-refractivity contribution >= 4 is 27.3 Å². The SMILES string of the molecule is CCNCc1csc(-c2ccc(Br)cn2)n1. The van der Waals surface area contributed by atoms with E-state index in [9.17, 15) is 0 Å². The summed E-state index contributed by atoms with van der Waals surface area (Å²) < 4.78 is 0.987. The molecule has 0 saturated carbocycles. The van der Waals surface area contributed by atoms with E-state index in [0.717, 1.165) is 34.0 Å². The smallest absolute Gasteiger partial charge is 0.142 e. The van der Waals surface area contributed by atoms with Crippen LogP contribution in [0.25, 0.3) is 10.7 Å². The van der Waals surface area contributed by atoms with E-state index in [-0.39, 0.29) is 0 Å². The molecule has 0 radical (unpaired) electrons. The van der Waals surface area contributed by atoms with Gasteiger partial charge in [0.05, 0.1) is 11.4 Å². The molecule has 5 heteroatoms. The molecule has 2 heterocycles. The van der Waals surface area contributed by atoms with Gasteiger partial charge in [-0.15, -0.1) is 11.3 Å². The lowest BCUT2D eigenvalue weighted by molar-refractivity contribution is 0.714. The highest BCUT2D eigenvalue weighted by Gasteiger charge is 2.05. The van der Waals surface area contributed by atoms with Crippen LogP contribution in [-0.4, -0.2) is 16.5 Å². The van der Waals surface area contributed by atoms with Gasteiger partial charge >= 0.3 is 0 Å². The summed E-state index contributed by atoms with van der Waals surface area (Å²) >= 11 is 5.00. The molecular formula is C11H12BrN3S. The van der Waals surface area contributed by atoms with Crippen molar-refractivity contribution in [2.24, 2.45) is 0 Å². The van der Waals surface area contributed by atoms with Crippen molar-refractivity contribution in [3.05, 3.63) is 33.9 Å². The van der Waals surface area contributed by atoms with Crippen LogP contribution in [0.2, 0.25) is 0 Å². The lowest BCUT2D eigenvalue weighted by Crippen LogP contribution is -2.11. The summed E-state index contributed by atoms with van der Waals surface area (Å²) in [6.07, 6.45) is 1.79. The fourth-order valence-corrected chi connectivity index (χ4v) is 2.29. The molecule has 0 aliphatic carbocycles. The van der Waals surface area contributed by atoms with Gasteiger partial charge in [0.25, 0.3) is 0 Å². The largest absolute Gasteiger partial charge is 0.311 e. The van der Waals surface area contributed by atoms with Crippen LogP contribution in [-0.2, 0) is 6.54 Å². The summed E-state index contributed by atoms with van der Waals surface area (Å²) in [7, 11) is 0. The fraction of sp³-hybridized carbons (Fsp3) is 0.273. The third-order valence-corrected chi connectivity index (χ3v) is 3.44. The van der Waals surface area contributed by atoms with Gasteiger partial charge in [0.1, 0.15) is 5.01 Å². The number of aromatic nitrogens is 2. The van der Waals surface area contributed by atoms with E-state index >= 15 is 0 Å². The summed E-state index contributed by atoms with van der Waals surface area (Å²) in [5.74, 6) is 0. The molecule has 0 atom stereocenters. The summed E-state index contributed by atoms with van der Waals surface area (Å²) in [5.41, 5.74) is 2.00. The molecule has 2 aromatic heterocycles. The number of nitrogens with zero attached hydrogens (tertiary/aromatic N) is 2. The average Bonchev–Trinajstić information content (AvgIpc) is 2.76. The van der Waals surface area contributed by atoms with Crippen LogP contribution in [0.3, 0.4) is 0 Å².